The van der Waals surface area contributed by atoms with Crippen LogP contribution in [0.1, 0.15) is 10.4 Å². The summed E-state index contributed by atoms with van der Waals surface area (Å²) in [5.41, 5.74) is 2.45. The molecule has 3 aromatic carbocycles. The molecule has 0 saturated carbocycles. The van der Waals surface area contributed by atoms with Crippen LogP contribution < -0.4 is 10.1 Å². The van der Waals surface area contributed by atoms with Gasteiger partial charge < -0.3 is 4.74 Å². The third-order valence-electron chi connectivity index (χ3n) is 4.14. The van der Waals surface area contributed by atoms with E-state index in [1.54, 1.807) is 7.11 Å². The number of hydrogen-bond acceptors (Lipinski definition) is 4. The Morgan fingerprint density at radius 2 is 1.77 bits per heavy atom. The van der Waals surface area contributed by atoms with Crippen molar-refractivity contribution in [3.8, 4) is 17.0 Å². The second-order valence-corrected chi connectivity index (χ2v) is 6.61. The van der Waals surface area contributed by atoms with Crippen LogP contribution in [0.25, 0.3) is 22.0 Å². The summed E-state index contributed by atoms with van der Waals surface area (Å²) >= 11 is 1.41. The van der Waals surface area contributed by atoms with Crippen molar-refractivity contribution in [3.63, 3.8) is 0 Å². The van der Waals surface area contributed by atoms with E-state index in [9.17, 15) is 4.79 Å². The van der Waals surface area contributed by atoms with E-state index in [0.717, 1.165) is 27.8 Å². The Morgan fingerprint density at radius 3 is 2.58 bits per heavy atom. The van der Waals surface area contributed by atoms with Crippen molar-refractivity contribution >= 4 is 33.1 Å². The minimum atomic E-state index is -0.155. The highest BCUT2D eigenvalue weighted by Crippen LogP contribution is 2.27. The zero-order valence-corrected chi connectivity index (χ0v) is 14.9. The quantitative estimate of drug-likeness (QED) is 0.542. The maximum absolute atomic E-state index is 12.7. The Morgan fingerprint density at radius 1 is 1.00 bits per heavy atom. The number of nitrogens with one attached hydrogen (secondary N) is 1. The van der Waals surface area contributed by atoms with E-state index in [1.165, 1.54) is 11.3 Å². The van der Waals surface area contributed by atoms with Crippen LogP contribution in [0.15, 0.2) is 72.1 Å². The van der Waals surface area contributed by atoms with Crippen LogP contribution in [0.3, 0.4) is 0 Å². The normalized spacial score (nSPS) is 10.7. The van der Waals surface area contributed by atoms with Gasteiger partial charge in [-0.1, -0.05) is 36.4 Å². The SMILES string of the molecule is COc1ccc(-c2csc(NC(=O)c3cccc4ccccc34)n2)cc1. The van der Waals surface area contributed by atoms with Crippen LogP contribution in [0.5, 0.6) is 5.75 Å². The van der Waals surface area contributed by atoms with Gasteiger partial charge in [0.2, 0.25) is 0 Å². The summed E-state index contributed by atoms with van der Waals surface area (Å²) in [5.74, 6) is 0.644. The molecule has 4 aromatic rings. The van der Waals surface area contributed by atoms with E-state index < -0.39 is 0 Å². The van der Waals surface area contributed by atoms with Gasteiger partial charge in [-0.05, 0) is 41.1 Å². The van der Waals surface area contributed by atoms with Gasteiger partial charge in [-0.3, -0.25) is 10.1 Å². The predicted octanol–water partition coefficient (Wildman–Crippen LogP) is 5.22. The van der Waals surface area contributed by atoms with E-state index in [2.05, 4.69) is 10.3 Å². The molecule has 128 valence electrons. The summed E-state index contributed by atoms with van der Waals surface area (Å²) in [6.07, 6.45) is 0. The van der Waals surface area contributed by atoms with Crippen molar-refractivity contribution < 1.29 is 9.53 Å². The summed E-state index contributed by atoms with van der Waals surface area (Å²) in [7, 11) is 1.64. The van der Waals surface area contributed by atoms with E-state index in [-0.39, 0.29) is 5.91 Å². The molecule has 0 fully saturated rings. The lowest BCUT2D eigenvalue weighted by Crippen LogP contribution is -2.12. The second kappa shape index (κ2) is 6.98. The van der Waals surface area contributed by atoms with Crippen molar-refractivity contribution in [1.29, 1.82) is 0 Å². The van der Waals surface area contributed by atoms with Gasteiger partial charge >= 0.3 is 0 Å². The third-order valence-corrected chi connectivity index (χ3v) is 4.90. The molecule has 1 heterocycles. The monoisotopic (exact) mass is 360 g/mol. The Balaban J connectivity index is 1.57. The van der Waals surface area contributed by atoms with Crippen LogP contribution >= 0.6 is 11.3 Å². The Kier molecular flexibility index (Phi) is 4.37. The lowest BCUT2D eigenvalue weighted by molar-refractivity contribution is 0.102. The van der Waals surface area contributed by atoms with Crippen LogP contribution in [0.4, 0.5) is 5.13 Å². The zero-order valence-electron chi connectivity index (χ0n) is 14.1. The number of hydrogen-bond donors (Lipinski definition) is 1. The minimum absolute atomic E-state index is 0.155. The first kappa shape index (κ1) is 16.3. The number of amides is 1. The average Bonchev–Trinajstić information content (AvgIpc) is 3.16. The second-order valence-electron chi connectivity index (χ2n) is 5.75. The van der Waals surface area contributed by atoms with Crippen molar-refractivity contribution in [3.05, 3.63) is 77.7 Å². The standard InChI is InChI=1S/C21H16N2O2S/c1-25-16-11-9-15(10-12-16)19-13-26-21(22-19)23-20(24)18-8-4-6-14-5-2-3-7-17(14)18/h2-13H,1H3,(H,22,23,24). The first-order chi connectivity index (χ1) is 12.7. The number of nitrogens with zero attached hydrogens (tertiary/aromatic N) is 1. The molecule has 0 spiro atoms. The fourth-order valence-electron chi connectivity index (χ4n) is 2.81. The Hall–Kier alpha value is -3.18. The van der Waals surface area contributed by atoms with E-state index in [0.29, 0.717) is 10.7 Å². The van der Waals surface area contributed by atoms with Crippen LogP contribution in [-0.4, -0.2) is 18.0 Å². The molecule has 0 aliphatic heterocycles. The van der Waals surface area contributed by atoms with Crippen molar-refractivity contribution in [1.82, 2.24) is 4.98 Å². The lowest BCUT2D eigenvalue weighted by Gasteiger charge is -2.06. The maximum Gasteiger partial charge on any atom is 0.258 e. The van der Waals surface area contributed by atoms with Gasteiger partial charge in [0.1, 0.15) is 5.75 Å². The molecule has 1 N–H and O–H groups in total. The number of carbonyl (C=O) groups is 1. The van der Waals surface area contributed by atoms with Crippen LogP contribution in [0.2, 0.25) is 0 Å². The molecule has 0 bridgehead atoms. The molecule has 1 aromatic heterocycles. The fraction of sp³-hybridized carbons (Fsp3) is 0.0476. The highest BCUT2D eigenvalue weighted by molar-refractivity contribution is 7.14. The van der Waals surface area contributed by atoms with Gasteiger partial charge in [0, 0.05) is 16.5 Å². The summed E-state index contributed by atoms with van der Waals surface area (Å²) < 4.78 is 5.17. The van der Waals surface area contributed by atoms with E-state index in [1.807, 2.05) is 72.1 Å². The van der Waals surface area contributed by atoms with Crippen molar-refractivity contribution in [2.45, 2.75) is 0 Å². The van der Waals surface area contributed by atoms with Gasteiger partial charge in [0.25, 0.3) is 5.91 Å². The number of carbonyl (C=O) groups excluding carboxylic acids is 1. The number of benzene rings is 3. The molecular weight excluding hydrogens is 344 g/mol. The smallest absolute Gasteiger partial charge is 0.258 e. The first-order valence-electron chi connectivity index (χ1n) is 8.13. The Bertz CT molecular complexity index is 1070. The molecule has 1 amide bonds. The summed E-state index contributed by atoms with van der Waals surface area (Å²) in [6.45, 7) is 0. The van der Waals surface area contributed by atoms with Gasteiger partial charge in [-0.25, -0.2) is 4.98 Å². The number of anilines is 1. The lowest BCUT2D eigenvalue weighted by atomic mass is 10.0. The molecule has 0 unspecified atom stereocenters. The van der Waals surface area contributed by atoms with Crippen LogP contribution in [-0.2, 0) is 0 Å². The summed E-state index contributed by atoms with van der Waals surface area (Å²) in [4.78, 5) is 17.2. The average molecular weight is 360 g/mol. The van der Waals surface area contributed by atoms with Crippen LogP contribution in [0, 0.1) is 0 Å². The highest BCUT2D eigenvalue weighted by Gasteiger charge is 2.12. The summed E-state index contributed by atoms with van der Waals surface area (Å²) in [5, 5.41) is 7.39. The third kappa shape index (κ3) is 3.17. The summed E-state index contributed by atoms with van der Waals surface area (Å²) in [6, 6.07) is 21.2. The molecule has 0 aliphatic rings. The van der Waals surface area contributed by atoms with E-state index in [4.69, 9.17) is 4.74 Å². The zero-order chi connectivity index (χ0) is 17.9. The number of ether oxygens (including phenoxy) is 1. The van der Waals surface area contributed by atoms with Gasteiger partial charge in [0.15, 0.2) is 5.13 Å². The molecule has 0 aliphatic carbocycles. The van der Waals surface area contributed by atoms with Crippen molar-refractivity contribution in [2.24, 2.45) is 0 Å². The fourth-order valence-corrected chi connectivity index (χ4v) is 3.53. The molecule has 0 atom stereocenters. The molecular formula is C21H16N2O2S. The maximum atomic E-state index is 12.7. The number of aromatic nitrogens is 1. The topological polar surface area (TPSA) is 51.2 Å². The van der Waals surface area contributed by atoms with Crippen molar-refractivity contribution in [2.75, 3.05) is 12.4 Å². The Labute approximate surface area is 155 Å². The first-order valence-corrected chi connectivity index (χ1v) is 9.01. The van der Waals surface area contributed by atoms with Gasteiger partial charge in [-0.2, -0.15) is 0 Å². The molecule has 4 rings (SSSR count). The number of rotatable bonds is 4. The van der Waals surface area contributed by atoms with Gasteiger partial charge in [0.05, 0.1) is 12.8 Å². The number of thiazole rings is 1. The number of fused-ring (bicyclic) bond motifs is 1. The molecule has 26 heavy (non-hydrogen) atoms. The molecule has 0 radical (unpaired) electrons. The highest BCUT2D eigenvalue weighted by atomic mass is 32.1. The molecule has 4 nitrogen and oxygen atoms in total. The largest absolute Gasteiger partial charge is 0.497 e. The van der Waals surface area contributed by atoms with Gasteiger partial charge in [-0.15, -0.1) is 11.3 Å². The van der Waals surface area contributed by atoms with E-state index >= 15 is 0 Å². The number of methoxy groups -OCH3 is 1. The predicted molar refractivity (Wildman–Crippen MR) is 106 cm³/mol. The minimum Gasteiger partial charge on any atom is -0.497 e. The molecule has 0 saturated heterocycles. The molecule has 5 heteroatoms.